The van der Waals surface area contributed by atoms with Crippen molar-refractivity contribution in [1.82, 2.24) is 40.3 Å². The maximum atomic E-state index is 14.6. The third kappa shape index (κ3) is 9.93. The van der Waals surface area contributed by atoms with Crippen LogP contribution in [0, 0.1) is 5.82 Å². The molecule has 3 heterocycles. The number of halogens is 8. The second-order valence-corrected chi connectivity index (χ2v) is 9.32. The van der Waals surface area contributed by atoms with Crippen molar-refractivity contribution in [2.24, 2.45) is 0 Å². The van der Waals surface area contributed by atoms with Gasteiger partial charge in [0.2, 0.25) is 5.91 Å². The van der Waals surface area contributed by atoms with Gasteiger partial charge in [0.05, 0.1) is 43.2 Å². The van der Waals surface area contributed by atoms with Gasteiger partial charge in [-0.3, -0.25) is 19.3 Å². The number of rotatable bonds is 12. The minimum absolute atomic E-state index is 0.0163. The Morgan fingerprint density at radius 1 is 0.978 bits per heavy atom. The zero-order valence-corrected chi connectivity index (χ0v) is 22.6. The van der Waals surface area contributed by atoms with E-state index in [2.05, 4.69) is 41.0 Å². The van der Waals surface area contributed by atoms with Crippen molar-refractivity contribution in [3.63, 3.8) is 0 Å². The summed E-state index contributed by atoms with van der Waals surface area (Å²) in [5.41, 5.74) is -1.47. The number of nitrogens with zero attached hydrogens (tertiary/aromatic N) is 7. The Bertz CT molecular complexity index is 1640. The van der Waals surface area contributed by atoms with Crippen LogP contribution in [0.5, 0.6) is 5.75 Å². The highest BCUT2D eigenvalue weighted by atomic mass is 19.4. The number of benzene rings is 1. The fourth-order valence-electron chi connectivity index (χ4n) is 3.78. The first kappa shape index (κ1) is 32.7. The number of aromatic nitrogens is 7. The van der Waals surface area contributed by atoms with Crippen molar-refractivity contribution in [3.8, 4) is 5.75 Å². The molecule has 4 rings (SSSR count). The fraction of sp³-hybridized carbons (Fsp3) is 0.320. The van der Waals surface area contributed by atoms with Gasteiger partial charge in [-0.05, 0) is 30.3 Å². The molecule has 0 aliphatic carbocycles. The van der Waals surface area contributed by atoms with Gasteiger partial charge in [-0.15, -0.1) is 23.4 Å². The smallest absolute Gasteiger partial charge is 0.406 e. The van der Waals surface area contributed by atoms with Gasteiger partial charge < -0.3 is 15.4 Å². The number of ether oxygens (including phenoxy) is 1. The van der Waals surface area contributed by atoms with Crippen LogP contribution in [0.1, 0.15) is 33.7 Å². The zero-order valence-electron chi connectivity index (χ0n) is 22.6. The molecule has 0 aliphatic heterocycles. The molecule has 0 saturated heterocycles. The summed E-state index contributed by atoms with van der Waals surface area (Å²) in [6.45, 7) is -0.624. The normalized spacial score (nSPS) is 12.5. The highest BCUT2D eigenvalue weighted by molar-refractivity contribution is 5.92. The van der Waals surface area contributed by atoms with Crippen LogP contribution in [0.4, 0.5) is 40.9 Å². The van der Waals surface area contributed by atoms with E-state index in [1.54, 1.807) is 0 Å². The molecule has 3 aromatic heterocycles. The molecule has 0 fully saturated rings. The van der Waals surface area contributed by atoms with Crippen molar-refractivity contribution < 1.29 is 49.4 Å². The monoisotopic (exact) mass is 647 g/mol. The van der Waals surface area contributed by atoms with Crippen molar-refractivity contribution >= 4 is 17.6 Å². The maximum absolute atomic E-state index is 14.6. The Morgan fingerprint density at radius 2 is 1.73 bits per heavy atom. The van der Waals surface area contributed by atoms with Crippen LogP contribution in [0.15, 0.2) is 48.9 Å². The lowest BCUT2D eigenvalue weighted by Crippen LogP contribution is -2.24. The van der Waals surface area contributed by atoms with Gasteiger partial charge in [0, 0.05) is 24.7 Å². The highest BCUT2D eigenvalue weighted by Crippen LogP contribution is 2.29. The zero-order chi connectivity index (χ0) is 32.8. The van der Waals surface area contributed by atoms with Gasteiger partial charge in [-0.2, -0.15) is 13.2 Å². The fourth-order valence-corrected chi connectivity index (χ4v) is 3.78. The van der Waals surface area contributed by atoms with Crippen LogP contribution in [0.3, 0.4) is 0 Å². The molecule has 1 unspecified atom stereocenters. The molecule has 12 nitrogen and oxygen atoms in total. The van der Waals surface area contributed by atoms with Gasteiger partial charge in [0.25, 0.3) is 5.91 Å². The first-order valence-electron chi connectivity index (χ1n) is 12.7. The minimum Gasteiger partial charge on any atom is -0.406 e. The average molecular weight is 647 g/mol. The summed E-state index contributed by atoms with van der Waals surface area (Å²) in [6, 6.07) is 3.81. The van der Waals surface area contributed by atoms with E-state index in [1.807, 2.05) is 0 Å². The molecule has 4 aromatic rings. The molecule has 2 N–H and O–H groups in total. The molecule has 1 atom stereocenters. The summed E-state index contributed by atoms with van der Waals surface area (Å²) in [4.78, 5) is 28.3. The Balaban J connectivity index is 1.22. The number of hydrogen-bond donors (Lipinski definition) is 2. The van der Waals surface area contributed by atoms with Crippen LogP contribution in [-0.4, -0.2) is 59.3 Å². The van der Waals surface area contributed by atoms with E-state index < -0.39 is 54.1 Å². The number of carbonyl (C=O) groups is 2. The number of alkyl halides is 7. The number of anilines is 1. The first-order valence-corrected chi connectivity index (χ1v) is 12.7. The van der Waals surface area contributed by atoms with E-state index in [1.165, 1.54) is 17.1 Å². The van der Waals surface area contributed by atoms with Crippen molar-refractivity contribution in [1.29, 1.82) is 0 Å². The molecular formula is C25H21F8N9O3. The maximum Gasteiger partial charge on any atom is 0.573 e. The van der Waals surface area contributed by atoms with Crippen molar-refractivity contribution in [2.75, 3.05) is 5.32 Å². The minimum atomic E-state index is -5.00. The summed E-state index contributed by atoms with van der Waals surface area (Å²) < 4.78 is 110. The van der Waals surface area contributed by atoms with E-state index in [0.29, 0.717) is 0 Å². The van der Waals surface area contributed by atoms with Crippen LogP contribution in [0.2, 0.25) is 0 Å². The number of nitrogens with one attached hydrogen (secondary N) is 2. The predicted molar refractivity (Wildman–Crippen MR) is 135 cm³/mol. The Hall–Kier alpha value is -5.17. The average Bonchev–Trinajstić information content (AvgIpc) is 3.61. The van der Waals surface area contributed by atoms with Crippen molar-refractivity contribution in [2.45, 2.75) is 51.2 Å². The largest absolute Gasteiger partial charge is 0.573 e. The summed E-state index contributed by atoms with van der Waals surface area (Å²) in [5.74, 6) is -3.33. The second-order valence-electron chi connectivity index (χ2n) is 9.32. The van der Waals surface area contributed by atoms with Crippen molar-refractivity contribution in [3.05, 3.63) is 77.3 Å². The standard InChI is InChI=1S/C25H21F8N9O3/c26-16(4-6-41-12-20(37-39-41)23(44)35-10-17-9-15(3-5-34-17)24(28,29)30)11-42-13-21(38-40-42)36-22(43)8-14-7-18(1-2-19(14)27)45-25(31,32)33/h1-3,5,7,9,12-13,16H,4,6,8,10-11H2,(H,35,44)(H,36,43). The number of aryl methyl sites for hydroxylation is 1. The molecule has 45 heavy (non-hydrogen) atoms. The molecule has 0 bridgehead atoms. The first-order chi connectivity index (χ1) is 21.1. The third-order valence-electron chi connectivity index (χ3n) is 5.81. The van der Waals surface area contributed by atoms with Gasteiger partial charge >= 0.3 is 12.5 Å². The topological polar surface area (TPSA) is 142 Å². The lowest BCUT2D eigenvalue weighted by molar-refractivity contribution is -0.274. The summed E-state index contributed by atoms with van der Waals surface area (Å²) in [6.07, 6.45) is -8.47. The number of carbonyl (C=O) groups excluding carboxylic acids is 2. The van der Waals surface area contributed by atoms with Gasteiger partial charge in [-0.1, -0.05) is 10.4 Å². The third-order valence-corrected chi connectivity index (χ3v) is 5.81. The summed E-state index contributed by atoms with van der Waals surface area (Å²) in [7, 11) is 0. The van der Waals surface area contributed by atoms with E-state index in [0.717, 1.165) is 41.2 Å². The predicted octanol–water partition coefficient (Wildman–Crippen LogP) is 3.86. The van der Waals surface area contributed by atoms with Gasteiger partial charge in [0.15, 0.2) is 11.5 Å². The van der Waals surface area contributed by atoms with E-state index in [9.17, 15) is 44.7 Å². The van der Waals surface area contributed by atoms with E-state index >= 15 is 0 Å². The molecule has 240 valence electrons. The Kier molecular flexibility index (Phi) is 9.92. The highest BCUT2D eigenvalue weighted by Gasteiger charge is 2.32. The summed E-state index contributed by atoms with van der Waals surface area (Å²) in [5, 5.41) is 19.4. The number of pyridine rings is 1. The summed E-state index contributed by atoms with van der Waals surface area (Å²) >= 11 is 0. The SMILES string of the molecule is O=C(Cc1cc(OC(F)(F)F)ccc1F)Nc1cn(CC(F)CCn2cc(C(=O)NCc3cc(C(F)(F)F)ccn3)nn2)nn1. The van der Waals surface area contributed by atoms with Crippen LogP contribution in [-0.2, 0) is 37.0 Å². The molecule has 0 spiro atoms. The van der Waals surface area contributed by atoms with Gasteiger partial charge in [-0.25, -0.2) is 13.5 Å². The Labute approximate surface area is 247 Å². The number of amides is 2. The second kappa shape index (κ2) is 13.6. The van der Waals surface area contributed by atoms with E-state index in [4.69, 9.17) is 0 Å². The molecular weight excluding hydrogens is 626 g/mol. The molecule has 0 aliphatic rings. The van der Waals surface area contributed by atoms with Crippen LogP contribution < -0.4 is 15.4 Å². The molecule has 20 heteroatoms. The van der Waals surface area contributed by atoms with Gasteiger partial charge in [0.1, 0.15) is 17.7 Å². The molecule has 2 amide bonds. The lowest BCUT2D eigenvalue weighted by Gasteiger charge is -2.10. The molecule has 0 saturated carbocycles. The van der Waals surface area contributed by atoms with Crippen LogP contribution in [0.25, 0.3) is 0 Å². The molecule has 1 aromatic carbocycles. The van der Waals surface area contributed by atoms with E-state index in [-0.39, 0.29) is 48.8 Å². The van der Waals surface area contributed by atoms with Crippen LogP contribution >= 0.6 is 0 Å². The quantitative estimate of drug-likeness (QED) is 0.221. The number of hydrogen-bond acceptors (Lipinski definition) is 8. The molecule has 0 radical (unpaired) electrons. The lowest BCUT2D eigenvalue weighted by atomic mass is 10.1. The Morgan fingerprint density at radius 3 is 2.47 bits per heavy atom.